The first-order valence-corrected chi connectivity index (χ1v) is 9.39. The fraction of sp³-hybridized carbons (Fsp3) is 1.00. The van der Waals surface area contributed by atoms with Crippen LogP contribution >= 0.6 is 0 Å². The Labute approximate surface area is 130 Å². The van der Waals surface area contributed by atoms with Gasteiger partial charge in [-0.25, -0.2) is 0 Å². The van der Waals surface area contributed by atoms with Crippen molar-refractivity contribution in [2.24, 2.45) is 29.2 Å². The molecule has 0 aromatic rings. The lowest BCUT2D eigenvalue weighted by molar-refractivity contribution is 0.121. The molecule has 0 spiro atoms. The molecule has 0 radical (unpaired) electrons. The van der Waals surface area contributed by atoms with Crippen LogP contribution in [0.2, 0.25) is 0 Å². The molecular weight excluding hydrogens is 258 g/mol. The molecule has 3 rings (SSSR count). The zero-order chi connectivity index (χ0) is 14.8. The third-order valence-corrected chi connectivity index (χ3v) is 6.51. The highest BCUT2D eigenvalue weighted by Crippen LogP contribution is 2.36. The van der Waals surface area contributed by atoms with Crippen molar-refractivity contribution in [1.29, 1.82) is 0 Å². The third kappa shape index (κ3) is 4.00. The van der Waals surface area contributed by atoms with Crippen molar-refractivity contribution in [3.8, 4) is 0 Å². The second-order valence-electron chi connectivity index (χ2n) is 8.31. The number of piperidine rings is 1. The smallest absolute Gasteiger partial charge is 0.0101 e. The predicted octanol–water partition coefficient (Wildman–Crippen LogP) is 2.78. The minimum Gasteiger partial charge on any atom is -0.328 e. The third-order valence-electron chi connectivity index (χ3n) is 6.51. The van der Waals surface area contributed by atoms with Crippen molar-refractivity contribution in [3.63, 3.8) is 0 Å². The Kier molecular flexibility index (Phi) is 5.23. The summed E-state index contributed by atoms with van der Waals surface area (Å²) in [6, 6.07) is 2.44. The fourth-order valence-corrected chi connectivity index (χ4v) is 5.13. The molecule has 2 unspecified atom stereocenters. The van der Waals surface area contributed by atoms with Gasteiger partial charge in [0.05, 0.1) is 0 Å². The standard InChI is InChI=1S/C18H35N3/c1-12-10-17(13-2-6-15(19)7-3-13)21-18(11-12)14-4-8-16(20)9-5-14/h12-18,21H,2-11,19-20H2,1H3. The van der Waals surface area contributed by atoms with Crippen LogP contribution in [0, 0.1) is 17.8 Å². The lowest BCUT2D eigenvalue weighted by Gasteiger charge is -2.45. The summed E-state index contributed by atoms with van der Waals surface area (Å²) >= 11 is 0. The van der Waals surface area contributed by atoms with Gasteiger partial charge in [0.2, 0.25) is 0 Å². The van der Waals surface area contributed by atoms with Crippen LogP contribution in [0.1, 0.15) is 71.1 Å². The highest BCUT2D eigenvalue weighted by atomic mass is 15.0. The van der Waals surface area contributed by atoms with E-state index < -0.39 is 0 Å². The van der Waals surface area contributed by atoms with E-state index in [2.05, 4.69) is 12.2 Å². The maximum atomic E-state index is 6.08. The molecule has 2 aliphatic carbocycles. The fourth-order valence-electron chi connectivity index (χ4n) is 5.13. The van der Waals surface area contributed by atoms with Gasteiger partial charge in [0.15, 0.2) is 0 Å². The summed E-state index contributed by atoms with van der Waals surface area (Å²) in [4.78, 5) is 0. The number of hydrogen-bond donors (Lipinski definition) is 3. The summed E-state index contributed by atoms with van der Waals surface area (Å²) in [5.74, 6) is 2.63. The van der Waals surface area contributed by atoms with Crippen LogP contribution in [0.4, 0.5) is 0 Å². The van der Waals surface area contributed by atoms with Crippen LogP contribution in [0.15, 0.2) is 0 Å². The monoisotopic (exact) mass is 293 g/mol. The topological polar surface area (TPSA) is 64.1 Å². The van der Waals surface area contributed by atoms with E-state index in [1.54, 1.807) is 0 Å². The maximum Gasteiger partial charge on any atom is 0.0101 e. The van der Waals surface area contributed by atoms with Crippen molar-refractivity contribution in [1.82, 2.24) is 5.32 Å². The summed E-state index contributed by atoms with van der Waals surface area (Å²) in [7, 11) is 0. The number of nitrogens with two attached hydrogens (primary N) is 2. The predicted molar refractivity (Wildman–Crippen MR) is 89.0 cm³/mol. The normalized spacial score (nSPS) is 49.0. The molecular formula is C18H35N3. The molecule has 5 N–H and O–H groups in total. The van der Waals surface area contributed by atoms with E-state index in [4.69, 9.17) is 11.5 Å². The minimum atomic E-state index is 0.470. The minimum absolute atomic E-state index is 0.470. The molecule has 3 fully saturated rings. The van der Waals surface area contributed by atoms with Gasteiger partial charge >= 0.3 is 0 Å². The second-order valence-corrected chi connectivity index (χ2v) is 8.31. The highest BCUT2D eigenvalue weighted by molar-refractivity contribution is 4.94. The Bertz CT molecular complexity index is 286. The molecule has 0 aromatic carbocycles. The molecule has 1 saturated heterocycles. The SMILES string of the molecule is CC1CC(C2CCC(N)CC2)NC(C2CCC(N)CC2)C1. The summed E-state index contributed by atoms with van der Waals surface area (Å²) in [6.07, 6.45) is 13.1. The number of nitrogens with one attached hydrogen (secondary N) is 1. The first-order chi connectivity index (χ1) is 10.1. The molecule has 0 bridgehead atoms. The van der Waals surface area contributed by atoms with Gasteiger partial charge in [0.1, 0.15) is 0 Å². The van der Waals surface area contributed by atoms with Crippen molar-refractivity contribution >= 4 is 0 Å². The molecule has 0 amide bonds. The van der Waals surface area contributed by atoms with Gasteiger partial charge in [0.25, 0.3) is 0 Å². The summed E-state index contributed by atoms with van der Waals surface area (Å²) in [5.41, 5.74) is 12.2. The van der Waals surface area contributed by atoms with Crippen LogP contribution in [0.3, 0.4) is 0 Å². The van der Waals surface area contributed by atoms with Crippen LogP contribution in [-0.2, 0) is 0 Å². The van der Waals surface area contributed by atoms with E-state index in [1.165, 1.54) is 64.2 Å². The molecule has 0 aromatic heterocycles. The lowest BCUT2D eigenvalue weighted by Crippen LogP contribution is -2.53. The zero-order valence-corrected chi connectivity index (χ0v) is 13.8. The van der Waals surface area contributed by atoms with Crippen molar-refractivity contribution < 1.29 is 0 Å². The molecule has 1 aliphatic heterocycles. The number of rotatable bonds is 2. The summed E-state index contributed by atoms with van der Waals surface area (Å²) in [5, 5.41) is 4.07. The maximum absolute atomic E-state index is 6.08. The molecule has 122 valence electrons. The molecule has 3 heteroatoms. The summed E-state index contributed by atoms with van der Waals surface area (Å²) in [6.45, 7) is 2.46. The van der Waals surface area contributed by atoms with Gasteiger partial charge in [-0.05, 0) is 82.0 Å². The molecule has 21 heavy (non-hydrogen) atoms. The van der Waals surface area contributed by atoms with E-state index in [0.29, 0.717) is 12.1 Å². The average molecular weight is 293 g/mol. The van der Waals surface area contributed by atoms with Crippen molar-refractivity contribution in [2.45, 2.75) is 95.3 Å². The van der Waals surface area contributed by atoms with E-state index in [1.807, 2.05) is 0 Å². The zero-order valence-electron chi connectivity index (χ0n) is 13.8. The highest BCUT2D eigenvalue weighted by Gasteiger charge is 2.36. The first-order valence-electron chi connectivity index (χ1n) is 9.39. The van der Waals surface area contributed by atoms with E-state index in [0.717, 1.165) is 29.8 Å². The van der Waals surface area contributed by atoms with E-state index >= 15 is 0 Å². The Hall–Kier alpha value is -0.120. The van der Waals surface area contributed by atoms with Gasteiger partial charge in [-0.2, -0.15) is 0 Å². The van der Waals surface area contributed by atoms with Gasteiger partial charge in [-0.15, -0.1) is 0 Å². The summed E-state index contributed by atoms with van der Waals surface area (Å²) < 4.78 is 0. The largest absolute Gasteiger partial charge is 0.328 e. The second kappa shape index (κ2) is 6.97. The van der Waals surface area contributed by atoms with Crippen LogP contribution in [0.25, 0.3) is 0 Å². The lowest BCUT2D eigenvalue weighted by atomic mass is 9.72. The van der Waals surface area contributed by atoms with Crippen molar-refractivity contribution in [2.75, 3.05) is 0 Å². The molecule has 3 aliphatic rings. The van der Waals surface area contributed by atoms with E-state index in [9.17, 15) is 0 Å². The van der Waals surface area contributed by atoms with E-state index in [-0.39, 0.29) is 0 Å². The molecule has 2 atom stereocenters. The Balaban J connectivity index is 1.56. The number of hydrogen-bond acceptors (Lipinski definition) is 3. The first kappa shape index (κ1) is 15.8. The van der Waals surface area contributed by atoms with Gasteiger partial charge in [-0.3, -0.25) is 0 Å². The quantitative estimate of drug-likeness (QED) is 0.733. The Morgan fingerprint density at radius 3 is 1.43 bits per heavy atom. The van der Waals surface area contributed by atoms with Crippen LogP contribution in [0.5, 0.6) is 0 Å². The van der Waals surface area contributed by atoms with Crippen LogP contribution in [-0.4, -0.2) is 24.2 Å². The molecule has 2 saturated carbocycles. The van der Waals surface area contributed by atoms with Gasteiger partial charge < -0.3 is 16.8 Å². The molecule has 3 nitrogen and oxygen atoms in total. The Morgan fingerprint density at radius 2 is 1.05 bits per heavy atom. The van der Waals surface area contributed by atoms with Gasteiger partial charge in [0, 0.05) is 24.2 Å². The van der Waals surface area contributed by atoms with Crippen LogP contribution < -0.4 is 16.8 Å². The van der Waals surface area contributed by atoms with Crippen molar-refractivity contribution in [3.05, 3.63) is 0 Å². The van der Waals surface area contributed by atoms with Gasteiger partial charge in [-0.1, -0.05) is 6.92 Å². The molecule has 1 heterocycles. The Morgan fingerprint density at radius 1 is 0.667 bits per heavy atom. The average Bonchev–Trinajstić information content (AvgIpc) is 2.48.